The second-order valence-electron chi connectivity index (χ2n) is 5.27. The van der Waals surface area contributed by atoms with Crippen molar-refractivity contribution in [2.75, 3.05) is 37.5 Å². The van der Waals surface area contributed by atoms with Crippen molar-refractivity contribution in [3.63, 3.8) is 0 Å². The second-order valence-corrected chi connectivity index (χ2v) is 6.78. The third-order valence-corrected chi connectivity index (χ3v) is 4.45. The standard InChI is InChI=1S/C16H22ClN3O3S/c1-4-7-24-10-14(21)19-11-5-6-12(13(17)8-11)16(23)18-9-15(22)20(2)3/h5-6,8H,4,7,9-10H2,1-3H3,(H,18,23)(H,19,21). The summed E-state index contributed by atoms with van der Waals surface area (Å²) in [7, 11) is 3.22. The van der Waals surface area contributed by atoms with Crippen LogP contribution in [0.5, 0.6) is 0 Å². The van der Waals surface area contributed by atoms with Crippen molar-refractivity contribution in [3.05, 3.63) is 28.8 Å². The molecule has 0 bridgehead atoms. The molecule has 0 aliphatic carbocycles. The zero-order valence-corrected chi connectivity index (χ0v) is 15.6. The fourth-order valence-electron chi connectivity index (χ4n) is 1.69. The molecule has 0 radical (unpaired) electrons. The maximum absolute atomic E-state index is 12.0. The number of hydrogen-bond donors (Lipinski definition) is 2. The van der Waals surface area contributed by atoms with E-state index < -0.39 is 5.91 Å². The van der Waals surface area contributed by atoms with Crippen molar-refractivity contribution < 1.29 is 14.4 Å². The summed E-state index contributed by atoms with van der Waals surface area (Å²) in [5.74, 6) is 0.539. The number of rotatable bonds is 8. The fraction of sp³-hybridized carbons (Fsp3) is 0.438. The number of amides is 3. The Labute approximate surface area is 151 Å². The van der Waals surface area contributed by atoms with Gasteiger partial charge in [-0.05, 0) is 30.4 Å². The number of carbonyl (C=O) groups is 3. The van der Waals surface area contributed by atoms with E-state index in [9.17, 15) is 14.4 Å². The van der Waals surface area contributed by atoms with Crippen LogP contribution in [0.15, 0.2) is 18.2 Å². The molecule has 0 atom stereocenters. The van der Waals surface area contributed by atoms with E-state index in [0.29, 0.717) is 11.4 Å². The first-order valence-electron chi connectivity index (χ1n) is 7.50. The van der Waals surface area contributed by atoms with Crippen molar-refractivity contribution in [2.24, 2.45) is 0 Å². The molecule has 6 nitrogen and oxygen atoms in total. The number of hydrogen-bond acceptors (Lipinski definition) is 4. The third-order valence-electron chi connectivity index (χ3n) is 2.98. The normalized spacial score (nSPS) is 10.2. The van der Waals surface area contributed by atoms with Gasteiger partial charge in [-0.2, -0.15) is 11.8 Å². The number of anilines is 1. The van der Waals surface area contributed by atoms with Gasteiger partial charge < -0.3 is 15.5 Å². The van der Waals surface area contributed by atoms with Gasteiger partial charge >= 0.3 is 0 Å². The molecule has 0 heterocycles. The van der Waals surface area contributed by atoms with Gasteiger partial charge in [0.2, 0.25) is 11.8 Å². The van der Waals surface area contributed by atoms with Gasteiger partial charge in [-0.25, -0.2) is 0 Å². The van der Waals surface area contributed by atoms with Crippen molar-refractivity contribution in [3.8, 4) is 0 Å². The quantitative estimate of drug-likeness (QED) is 0.687. The summed E-state index contributed by atoms with van der Waals surface area (Å²) in [5, 5.41) is 5.46. The molecule has 0 fully saturated rings. The minimum absolute atomic E-state index is 0.102. The molecule has 1 aromatic rings. The van der Waals surface area contributed by atoms with Gasteiger partial charge in [0.05, 0.1) is 22.9 Å². The average molecular weight is 372 g/mol. The Kier molecular flexibility index (Phi) is 8.63. The van der Waals surface area contributed by atoms with E-state index >= 15 is 0 Å². The van der Waals surface area contributed by atoms with Gasteiger partial charge in [0.1, 0.15) is 0 Å². The number of likely N-dealkylation sites (N-methyl/N-ethyl adjacent to an activating group) is 1. The van der Waals surface area contributed by atoms with Crippen LogP contribution in [-0.4, -0.2) is 54.8 Å². The van der Waals surface area contributed by atoms with Crippen LogP contribution in [0.3, 0.4) is 0 Å². The smallest absolute Gasteiger partial charge is 0.253 e. The van der Waals surface area contributed by atoms with E-state index in [1.165, 1.54) is 17.0 Å². The first kappa shape index (κ1) is 20.3. The summed E-state index contributed by atoms with van der Waals surface area (Å²) in [6, 6.07) is 4.65. The lowest BCUT2D eigenvalue weighted by atomic mass is 10.2. The van der Waals surface area contributed by atoms with Crippen LogP contribution in [0.1, 0.15) is 23.7 Å². The number of thioether (sulfide) groups is 1. The Hall–Kier alpha value is -1.73. The highest BCUT2D eigenvalue weighted by Gasteiger charge is 2.13. The summed E-state index contributed by atoms with van der Waals surface area (Å²) in [6.07, 6.45) is 1.02. The number of halogens is 1. The van der Waals surface area contributed by atoms with Crippen LogP contribution in [0, 0.1) is 0 Å². The van der Waals surface area contributed by atoms with E-state index in [1.54, 1.807) is 31.9 Å². The van der Waals surface area contributed by atoms with Crippen LogP contribution >= 0.6 is 23.4 Å². The highest BCUT2D eigenvalue weighted by atomic mass is 35.5. The van der Waals surface area contributed by atoms with Crippen LogP contribution in [-0.2, 0) is 9.59 Å². The van der Waals surface area contributed by atoms with Gasteiger partial charge in [0, 0.05) is 19.8 Å². The van der Waals surface area contributed by atoms with E-state index in [1.807, 2.05) is 0 Å². The van der Waals surface area contributed by atoms with Gasteiger partial charge in [0.25, 0.3) is 5.91 Å². The lowest BCUT2D eigenvalue weighted by Crippen LogP contribution is -2.36. The molecule has 0 spiro atoms. The topological polar surface area (TPSA) is 78.5 Å². The summed E-state index contributed by atoms with van der Waals surface area (Å²) in [5.41, 5.74) is 0.782. The Balaban J connectivity index is 2.62. The fourth-order valence-corrected chi connectivity index (χ4v) is 2.65. The summed E-state index contributed by atoms with van der Waals surface area (Å²) in [4.78, 5) is 36.7. The van der Waals surface area contributed by atoms with Crippen molar-refractivity contribution in [1.29, 1.82) is 0 Å². The molecular weight excluding hydrogens is 350 g/mol. The molecule has 0 aliphatic rings. The lowest BCUT2D eigenvalue weighted by molar-refractivity contribution is -0.127. The van der Waals surface area contributed by atoms with Crippen LogP contribution in [0.4, 0.5) is 5.69 Å². The number of nitrogens with one attached hydrogen (secondary N) is 2. The monoisotopic (exact) mass is 371 g/mol. The molecule has 1 aromatic carbocycles. The van der Waals surface area contributed by atoms with E-state index in [0.717, 1.165) is 12.2 Å². The van der Waals surface area contributed by atoms with E-state index in [4.69, 9.17) is 11.6 Å². The zero-order valence-electron chi connectivity index (χ0n) is 14.0. The Morgan fingerprint density at radius 2 is 1.96 bits per heavy atom. The number of nitrogens with zero attached hydrogens (tertiary/aromatic N) is 1. The van der Waals surface area contributed by atoms with Gasteiger partial charge in [-0.1, -0.05) is 18.5 Å². The zero-order chi connectivity index (χ0) is 18.1. The van der Waals surface area contributed by atoms with Gasteiger partial charge in [-0.3, -0.25) is 14.4 Å². The number of benzene rings is 1. The minimum atomic E-state index is -0.438. The highest BCUT2D eigenvalue weighted by Crippen LogP contribution is 2.21. The molecule has 1 rings (SSSR count). The van der Waals surface area contributed by atoms with Crippen molar-refractivity contribution in [2.45, 2.75) is 13.3 Å². The van der Waals surface area contributed by atoms with E-state index in [2.05, 4.69) is 17.6 Å². The second kappa shape index (κ2) is 10.2. The Morgan fingerprint density at radius 3 is 2.54 bits per heavy atom. The maximum atomic E-state index is 12.0. The Bertz CT molecular complexity index is 608. The highest BCUT2D eigenvalue weighted by molar-refractivity contribution is 7.99. The Morgan fingerprint density at radius 1 is 1.25 bits per heavy atom. The van der Waals surface area contributed by atoms with Crippen LogP contribution in [0.25, 0.3) is 0 Å². The average Bonchev–Trinajstić information content (AvgIpc) is 2.52. The third kappa shape index (κ3) is 6.80. The van der Waals surface area contributed by atoms with Crippen molar-refractivity contribution in [1.82, 2.24) is 10.2 Å². The molecule has 0 saturated heterocycles. The molecule has 0 aliphatic heterocycles. The molecule has 0 saturated carbocycles. The summed E-state index contributed by atoms with van der Waals surface area (Å²) < 4.78 is 0. The molecule has 2 N–H and O–H groups in total. The van der Waals surface area contributed by atoms with Crippen LogP contribution < -0.4 is 10.6 Å². The first-order chi connectivity index (χ1) is 11.3. The molecule has 132 valence electrons. The molecule has 3 amide bonds. The van der Waals surface area contributed by atoms with Gasteiger partial charge in [0.15, 0.2) is 0 Å². The van der Waals surface area contributed by atoms with Crippen LogP contribution in [0.2, 0.25) is 5.02 Å². The first-order valence-corrected chi connectivity index (χ1v) is 9.04. The van der Waals surface area contributed by atoms with E-state index in [-0.39, 0.29) is 28.9 Å². The molecule has 0 aromatic heterocycles. The molecule has 24 heavy (non-hydrogen) atoms. The predicted molar refractivity (Wildman–Crippen MR) is 98.7 cm³/mol. The summed E-state index contributed by atoms with van der Waals surface area (Å²) >= 11 is 7.66. The lowest BCUT2D eigenvalue weighted by Gasteiger charge is -2.12. The number of carbonyl (C=O) groups excluding carboxylic acids is 3. The largest absolute Gasteiger partial charge is 0.347 e. The predicted octanol–water partition coefficient (Wildman–Crippen LogP) is 2.24. The minimum Gasteiger partial charge on any atom is -0.347 e. The molecule has 0 unspecified atom stereocenters. The van der Waals surface area contributed by atoms with Crippen molar-refractivity contribution >= 4 is 46.8 Å². The van der Waals surface area contributed by atoms with Gasteiger partial charge in [-0.15, -0.1) is 0 Å². The molecular formula is C16H22ClN3O3S. The maximum Gasteiger partial charge on any atom is 0.253 e. The summed E-state index contributed by atoms with van der Waals surface area (Å²) in [6.45, 7) is 1.95. The SMILES string of the molecule is CCCSCC(=O)Nc1ccc(C(=O)NCC(=O)N(C)C)c(Cl)c1. The molecule has 8 heteroatoms.